The maximum Gasteiger partial charge on any atom is 0.329 e. The number of carbonyl (C=O) groups is 6. The number of benzene rings is 2. The van der Waals surface area contributed by atoms with Gasteiger partial charge in [-0.1, -0.05) is 88.4 Å². The van der Waals surface area contributed by atoms with Crippen LogP contribution in [-0.2, 0) is 32.3 Å². The molecule has 0 aliphatic rings. The van der Waals surface area contributed by atoms with E-state index in [1.54, 1.807) is 27.7 Å². The highest BCUT2D eigenvalue weighted by molar-refractivity contribution is 6.06. The van der Waals surface area contributed by atoms with Crippen molar-refractivity contribution in [1.29, 1.82) is 0 Å². The number of rotatable bonds is 19. The Morgan fingerprint density at radius 3 is 1.30 bits per heavy atom. The third kappa shape index (κ3) is 11.6. The molecule has 2 heterocycles. The molecule has 4 aromatic rings. The summed E-state index contributed by atoms with van der Waals surface area (Å²) in [5.74, 6) is -4.41. The van der Waals surface area contributed by atoms with Gasteiger partial charge in [0.25, 0.3) is 23.6 Å². The second-order valence-corrected chi connectivity index (χ2v) is 13.0. The van der Waals surface area contributed by atoms with E-state index < -0.39 is 47.7 Å². The van der Waals surface area contributed by atoms with Crippen molar-refractivity contribution in [2.24, 2.45) is 11.8 Å². The number of unbranched alkanes of at least 4 members (excludes halogenated alkanes) is 1. The van der Waals surface area contributed by atoms with Crippen LogP contribution in [0.1, 0.15) is 93.6 Å². The van der Waals surface area contributed by atoms with Crippen molar-refractivity contribution in [3.05, 3.63) is 107 Å². The van der Waals surface area contributed by atoms with Crippen LogP contribution < -0.4 is 21.3 Å². The number of H-pyrrole nitrogens is 2. The molecular weight excluding hydrogens is 696 g/mol. The zero-order valence-electron chi connectivity index (χ0n) is 30.6. The van der Waals surface area contributed by atoms with Gasteiger partial charge in [-0.25, -0.2) is 19.6 Å². The summed E-state index contributed by atoms with van der Waals surface area (Å²) in [5.41, 5.74) is 1.10. The fourth-order valence-electron chi connectivity index (χ4n) is 5.16. The fourth-order valence-corrected chi connectivity index (χ4v) is 5.16. The predicted molar refractivity (Wildman–Crippen MR) is 196 cm³/mol. The molecule has 0 unspecified atom stereocenters. The molecule has 0 aliphatic heterocycles. The summed E-state index contributed by atoms with van der Waals surface area (Å²) in [4.78, 5) is 90.9. The van der Waals surface area contributed by atoms with E-state index in [2.05, 4.69) is 41.2 Å². The van der Waals surface area contributed by atoms with E-state index in [0.717, 1.165) is 11.1 Å². The average molecular weight is 743 g/mol. The average Bonchev–Trinajstić information content (AvgIpc) is 3.87. The minimum atomic E-state index is -0.970. The molecular formula is C38H46N8O8. The Labute approximate surface area is 312 Å². The van der Waals surface area contributed by atoms with Gasteiger partial charge in [0.1, 0.15) is 36.7 Å². The summed E-state index contributed by atoms with van der Waals surface area (Å²) in [5, 5.41) is 10.7. The van der Waals surface area contributed by atoms with E-state index in [-0.39, 0.29) is 60.9 Å². The Morgan fingerprint density at radius 2 is 0.944 bits per heavy atom. The molecule has 16 heteroatoms. The van der Waals surface area contributed by atoms with Crippen molar-refractivity contribution in [3.8, 4) is 0 Å². The van der Waals surface area contributed by atoms with Crippen LogP contribution in [0.25, 0.3) is 0 Å². The lowest BCUT2D eigenvalue weighted by Gasteiger charge is -2.20. The normalized spacial score (nSPS) is 12.0. The SMILES string of the molecule is CC(C)[C@H](NC(=O)c1nc[nH]c1C(=O)NCCCCNC(=O)c1[nH]cnc1C(=O)N[C@H](C(=O)OCc1ccccc1)C(C)C)C(=O)OCc1ccccc1. The summed E-state index contributed by atoms with van der Waals surface area (Å²) in [7, 11) is 0. The molecule has 4 rings (SSSR count). The minimum Gasteiger partial charge on any atom is -0.459 e. The molecule has 0 spiro atoms. The Morgan fingerprint density at radius 1 is 0.574 bits per heavy atom. The quantitative estimate of drug-likeness (QED) is 0.0608. The van der Waals surface area contributed by atoms with Gasteiger partial charge < -0.3 is 40.7 Å². The molecule has 0 fully saturated rings. The number of imidazole rings is 2. The van der Waals surface area contributed by atoms with Gasteiger partial charge in [-0.05, 0) is 35.8 Å². The highest BCUT2D eigenvalue weighted by atomic mass is 16.5. The van der Waals surface area contributed by atoms with E-state index in [1.165, 1.54) is 12.7 Å². The van der Waals surface area contributed by atoms with E-state index in [4.69, 9.17) is 9.47 Å². The number of aromatic amines is 2. The standard InChI is InChI=1S/C38H46N8O8/c1-23(2)27(37(51)53-19-25-13-7-5-8-14-25)45-35(49)31-29(41-21-43-31)33(47)39-17-11-12-18-40-34(48)30-32(44-22-42-30)36(50)46-28(24(3)4)38(52)54-20-26-15-9-6-10-16-26/h5-10,13-16,21-24,27-28H,11-12,17-20H2,1-4H3,(H,39,47)(H,40,48)(H,41,43)(H,42,44)(H,45,49)(H,46,50)/t27-,28-/m0/s1. The summed E-state index contributed by atoms with van der Waals surface area (Å²) >= 11 is 0. The molecule has 2 atom stereocenters. The first-order chi connectivity index (χ1) is 26.0. The number of amides is 4. The molecule has 16 nitrogen and oxygen atoms in total. The van der Waals surface area contributed by atoms with Crippen molar-refractivity contribution in [2.45, 2.75) is 65.8 Å². The van der Waals surface area contributed by atoms with Gasteiger partial charge in [-0.3, -0.25) is 19.2 Å². The highest BCUT2D eigenvalue weighted by Crippen LogP contribution is 2.12. The van der Waals surface area contributed by atoms with Crippen molar-refractivity contribution in [3.63, 3.8) is 0 Å². The third-order valence-electron chi connectivity index (χ3n) is 8.20. The number of hydrogen-bond acceptors (Lipinski definition) is 10. The second-order valence-electron chi connectivity index (χ2n) is 13.0. The lowest BCUT2D eigenvalue weighted by Crippen LogP contribution is -2.46. The van der Waals surface area contributed by atoms with Gasteiger partial charge in [0.15, 0.2) is 11.4 Å². The first-order valence-corrected chi connectivity index (χ1v) is 17.6. The molecule has 2 aromatic heterocycles. The van der Waals surface area contributed by atoms with Gasteiger partial charge >= 0.3 is 11.9 Å². The van der Waals surface area contributed by atoms with Gasteiger partial charge in [0.2, 0.25) is 0 Å². The molecule has 0 saturated carbocycles. The summed E-state index contributed by atoms with van der Waals surface area (Å²) in [6.07, 6.45) is 3.34. The van der Waals surface area contributed by atoms with Crippen LogP contribution in [-0.4, -0.2) is 80.7 Å². The molecule has 6 N–H and O–H groups in total. The van der Waals surface area contributed by atoms with Crippen LogP contribution in [0.5, 0.6) is 0 Å². The van der Waals surface area contributed by atoms with Crippen molar-refractivity contribution in [2.75, 3.05) is 13.1 Å². The van der Waals surface area contributed by atoms with E-state index in [0.29, 0.717) is 12.8 Å². The molecule has 54 heavy (non-hydrogen) atoms. The number of carbonyl (C=O) groups excluding carboxylic acids is 6. The van der Waals surface area contributed by atoms with Crippen LogP contribution in [0.3, 0.4) is 0 Å². The fraction of sp³-hybridized carbons (Fsp3) is 0.368. The van der Waals surface area contributed by atoms with Crippen LogP contribution in [0.4, 0.5) is 0 Å². The lowest BCUT2D eigenvalue weighted by atomic mass is 10.0. The molecule has 0 saturated heterocycles. The number of nitrogens with zero attached hydrogens (tertiary/aromatic N) is 2. The number of esters is 2. The Hall–Kier alpha value is -6.32. The van der Waals surface area contributed by atoms with Gasteiger partial charge in [0, 0.05) is 13.1 Å². The first kappa shape index (κ1) is 40.5. The summed E-state index contributed by atoms with van der Waals surface area (Å²) in [6.45, 7) is 7.57. The van der Waals surface area contributed by atoms with E-state index in [1.807, 2.05) is 60.7 Å². The Balaban J connectivity index is 1.20. The van der Waals surface area contributed by atoms with Crippen LogP contribution in [0.15, 0.2) is 73.3 Å². The smallest absolute Gasteiger partial charge is 0.329 e. The Bertz CT molecular complexity index is 1740. The van der Waals surface area contributed by atoms with Crippen LogP contribution in [0, 0.1) is 11.8 Å². The number of aromatic nitrogens is 4. The van der Waals surface area contributed by atoms with Gasteiger partial charge in [-0.2, -0.15) is 0 Å². The van der Waals surface area contributed by atoms with E-state index in [9.17, 15) is 28.8 Å². The van der Waals surface area contributed by atoms with Crippen molar-refractivity contribution < 1.29 is 38.2 Å². The molecule has 4 amide bonds. The number of nitrogens with one attached hydrogen (secondary N) is 6. The topological polar surface area (TPSA) is 226 Å². The van der Waals surface area contributed by atoms with Gasteiger partial charge in [0.05, 0.1) is 12.7 Å². The number of ether oxygens (including phenoxy) is 2. The monoisotopic (exact) mass is 742 g/mol. The highest BCUT2D eigenvalue weighted by Gasteiger charge is 2.30. The molecule has 0 radical (unpaired) electrons. The first-order valence-electron chi connectivity index (χ1n) is 17.6. The van der Waals surface area contributed by atoms with Crippen molar-refractivity contribution >= 4 is 35.6 Å². The largest absolute Gasteiger partial charge is 0.459 e. The van der Waals surface area contributed by atoms with Crippen LogP contribution in [0.2, 0.25) is 0 Å². The summed E-state index contributed by atoms with van der Waals surface area (Å²) in [6, 6.07) is 16.4. The molecule has 0 aliphatic carbocycles. The maximum absolute atomic E-state index is 13.1. The predicted octanol–water partition coefficient (Wildman–Crippen LogP) is 3.07. The molecule has 286 valence electrons. The minimum absolute atomic E-state index is 0.0499. The zero-order chi connectivity index (χ0) is 39.0. The maximum atomic E-state index is 13.1. The number of hydrogen-bond donors (Lipinski definition) is 6. The summed E-state index contributed by atoms with van der Waals surface area (Å²) < 4.78 is 10.8. The van der Waals surface area contributed by atoms with E-state index >= 15 is 0 Å². The Kier molecular flexibility index (Phi) is 15.0. The zero-order valence-corrected chi connectivity index (χ0v) is 30.6. The molecule has 0 bridgehead atoms. The van der Waals surface area contributed by atoms with Crippen molar-refractivity contribution in [1.82, 2.24) is 41.2 Å². The van der Waals surface area contributed by atoms with Gasteiger partial charge in [-0.15, -0.1) is 0 Å². The molecule has 2 aromatic carbocycles. The lowest BCUT2D eigenvalue weighted by molar-refractivity contribution is -0.149. The van der Waals surface area contributed by atoms with Crippen LogP contribution >= 0.6 is 0 Å². The second kappa shape index (κ2) is 20.1. The third-order valence-corrected chi connectivity index (χ3v) is 8.20.